The second kappa shape index (κ2) is 13.4. The van der Waals surface area contributed by atoms with Crippen LogP contribution in [-0.2, 0) is 4.79 Å². The molecule has 1 saturated carbocycles. The highest BCUT2D eigenvalue weighted by Crippen LogP contribution is 2.34. The van der Waals surface area contributed by atoms with Crippen molar-refractivity contribution in [2.75, 3.05) is 24.9 Å². The Bertz CT molecular complexity index is 1460. The summed E-state index contributed by atoms with van der Waals surface area (Å²) in [4.78, 5) is 39.0. The number of aryl methyl sites for hydroxylation is 3. The maximum absolute atomic E-state index is 13.6. The van der Waals surface area contributed by atoms with Crippen molar-refractivity contribution in [2.45, 2.75) is 58.9 Å². The molecule has 1 atom stereocenters. The molecule has 0 spiro atoms. The maximum atomic E-state index is 13.6. The molecule has 3 aromatic rings. The number of amides is 3. The molecule has 0 aromatic heterocycles. The van der Waals surface area contributed by atoms with E-state index in [4.69, 9.17) is 9.47 Å². The summed E-state index contributed by atoms with van der Waals surface area (Å²) in [5.41, 5.74) is 5.49. The third kappa shape index (κ3) is 7.02. The van der Waals surface area contributed by atoms with Gasteiger partial charge >= 0.3 is 12.0 Å². The zero-order valence-corrected chi connectivity index (χ0v) is 24.8. The summed E-state index contributed by atoms with van der Waals surface area (Å²) in [7, 11) is 3.10. The highest BCUT2D eigenvalue weighted by molar-refractivity contribution is 6.08. The molecule has 0 radical (unpaired) electrons. The van der Waals surface area contributed by atoms with Crippen LogP contribution in [0.2, 0.25) is 0 Å². The minimum Gasteiger partial charge on any atom is -0.493 e. The van der Waals surface area contributed by atoms with E-state index in [-0.39, 0.29) is 17.2 Å². The van der Waals surface area contributed by atoms with Gasteiger partial charge in [0.05, 0.1) is 25.5 Å². The van der Waals surface area contributed by atoms with Crippen LogP contribution in [0.5, 0.6) is 11.5 Å². The van der Waals surface area contributed by atoms with E-state index >= 15 is 0 Å². The van der Waals surface area contributed by atoms with Gasteiger partial charge in [0.2, 0.25) is 0 Å². The van der Waals surface area contributed by atoms with E-state index in [1.165, 1.54) is 0 Å². The van der Waals surface area contributed by atoms with Crippen LogP contribution in [0.1, 0.15) is 59.2 Å². The monoisotopic (exact) mass is 573 g/mol. The Morgan fingerprint density at radius 1 is 0.810 bits per heavy atom. The molecule has 3 aromatic carbocycles. The maximum Gasteiger partial charge on any atom is 0.326 e. The lowest BCUT2D eigenvalue weighted by Crippen LogP contribution is -2.46. The van der Waals surface area contributed by atoms with Crippen LogP contribution in [0.4, 0.5) is 16.2 Å². The summed E-state index contributed by atoms with van der Waals surface area (Å²) in [5, 5.41) is 18.4. The molecule has 0 saturated heterocycles. The van der Waals surface area contributed by atoms with Crippen LogP contribution in [0.25, 0.3) is 11.1 Å². The van der Waals surface area contributed by atoms with Crippen LogP contribution in [-0.4, -0.2) is 43.3 Å². The van der Waals surface area contributed by atoms with Crippen molar-refractivity contribution < 1.29 is 29.0 Å². The van der Waals surface area contributed by atoms with E-state index in [9.17, 15) is 19.5 Å². The lowest BCUT2D eigenvalue weighted by Gasteiger charge is -2.28. The fraction of sp³-hybridized carbons (Fsp3) is 0.364. The number of urea groups is 1. The summed E-state index contributed by atoms with van der Waals surface area (Å²) < 4.78 is 10.8. The Hall–Kier alpha value is -4.53. The number of anilines is 2. The van der Waals surface area contributed by atoms with Crippen molar-refractivity contribution in [3.8, 4) is 22.6 Å². The molecule has 9 nitrogen and oxygen atoms in total. The van der Waals surface area contributed by atoms with Gasteiger partial charge in [-0.05, 0) is 86.1 Å². The van der Waals surface area contributed by atoms with Crippen LogP contribution in [0, 0.1) is 26.7 Å². The molecule has 4 rings (SSSR count). The molecule has 9 heteroatoms. The number of carbonyl (C=O) groups is 3. The highest BCUT2D eigenvalue weighted by atomic mass is 16.5. The van der Waals surface area contributed by atoms with Gasteiger partial charge < -0.3 is 30.5 Å². The van der Waals surface area contributed by atoms with Crippen molar-refractivity contribution in [1.29, 1.82) is 0 Å². The standard InChI is InChI=1S/C33H39N3O6/c1-19-15-20(2)29(21(3)16-19)36-33(40)34-26-17-23(24-12-14-27(41-4)28(18-24)42-5)11-13-25(26)31(37)35-30(32(38)39)22-9-7-6-8-10-22/h11-18,22,30H,6-10H2,1-5H3,(H,35,37)(H,38,39)(H2,34,36,40)/t30-/m0/s1. The average molecular weight is 574 g/mol. The largest absolute Gasteiger partial charge is 0.493 e. The van der Waals surface area contributed by atoms with Gasteiger partial charge in [0.1, 0.15) is 6.04 Å². The number of methoxy groups -OCH3 is 2. The molecule has 222 valence electrons. The summed E-state index contributed by atoms with van der Waals surface area (Å²) in [5.74, 6) is -0.662. The van der Waals surface area contributed by atoms with Gasteiger partial charge in [-0.25, -0.2) is 9.59 Å². The van der Waals surface area contributed by atoms with Crippen LogP contribution in [0.15, 0.2) is 48.5 Å². The van der Waals surface area contributed by atoms with Gasteiger partial charge in [-0.3, -0.25) is 4.79 Å². The number of aliphatic carboxylic acids is 1. The van der Waals surface area contributed by atoms with Crippen LogP contribution < -0.4 is 25.4 Å². The summed E-state index contributed by atoms with van der Waals surface area (Å²) >= 11 is 0. The summed E-state index contributed by atoms with van der Waals surface area (Å²) in [6.45, 7) is 5.83. The molecule has 0 unspecified atom stereocenters. The average Bonchev–Trinajstić information content (AvgIpc) is 2.97. The predicted octanol–water partition coefficient (Wildman–Crippen LogP) is 6.70. The molecule has 0 heterocycles. The van der Waals surface area contributed by atoms with Gasteiger partial charge in [0, 0.05) is 5.69 Å². The fourth-order valence-electron chi connectivity index (χ4n) is 5.75. The molecular formula is C33H39N3O6. The number of carboxylic acid groups (broad SMARTS) is 1. The van der Waals surface area contributed by atoms with Crippen molar-refractivity contribution in [3.63, 3.8) is 0 Å². The molecular weight excluding hydrogens is 534 g/mol. The van der Waals surface area contributed by atoms with E-state index < -0.39 is 23.9 Å². The van der Waals surface area contributed by atoms with Gasteiger partial charge in [0.15, 0.2) is 11.5 Å². The smallest absolute Gasteiger partial charge is 0.326 e. The minimum atomic E-state index is -1.06. The van der Waals surface area contributed by atoms with Crippen molar-refractivity contribution in [1.82, 2.24) is 5.32 Å². The fourth-order valence-corrected chi connectivity index (χ4v) is 5.75. The third-order valence-corrected chi connectivity index (χ3v) is 7.82. The zero-order valence-electron chi connectivity index (χ0n) is 24.8. The molecule has 1 aliphatic carbocycles. The first-order valence-electron chi connectivity index (χ1n) is 14.2. The van der Waals surface area contributed by atoms with Crippen LogP contribution in [0.3, 0.4) is 0 Å². The number of carbonyl (C=O) groups excluding carboxylic acids is 2. The molecule has 4 N–H and O–H groups in total. The number of ether oxygens (including phenoxy) is 2. The number of rotatable bonds is 9. The highest BCUT2D eigenvalue weighted by Gasteiger charge is 2.31. The SMILES string of the molecule is COc1ccc(-c2ccc(C(=O)N[C@H](C(=O)O)C3CCCCC3)c(NC(=O)Nc3c(C)cc(C)cc3C)c2)cc1OC. The van der Waals surface area contributed by atoms with E-state index in [0.29, 0.717) is 22.7 Å². The van der Waals surface area contributed by atoms with Crippen LogP contribution >= 0.6 is 0 Å². The second-order valence-corrected chi connectivity index (χ2v) is 10.9. The first-order chi connectivity index (χ1) is 20.1. The lowest BCUT2D eigenvalue weighted by atomic mass is 9.83. The van der Waals surface area contributed by atoms with Gasteiger partial charge in [-0.2, -0.15) is 0 Å². The molecule has 0 bridgehead atoms. The Labute approximate surface area is 246 Å². The Kier molecular flexibility index (Phi) is 9.72. The Morgan fingerprint density at radius 3 is 2.05 bits per heavy atom. The van der Waals surface area contributed by atoms with Crippen molar-refractivity contribution >= 4 is 29.3 Å². The molecule has 42 heavy (non-hydrogen) atoms. The number of hydrogen-bond donors (Lipinski definition) is 4. The topological polar surface area (TPSA) is 126 Å². The minimum absolute atomic E-state index is 0.140. The van der Waals surface area contributed by atoms with E-state index in [1.54, 1.807) is 44.6 Å². The normalized spacial score (nSPS) is 14.0. The quantitative estimate of drug-likeness (QED) is 0.226. The van der Waals surface area contributed by atoms with Gasteiger partial charge in [-0.1, -0.05) is 49.1 Å². The predicted molar refractivity (Wildman–Crippen MR) is 164 cm³/mol. The summed E-state index contributed by atoms with van der Waals surface area (Å²) in [6, 6.07) is 12.9. The number of nitrogens with one attached hydrogen (secondary N) is 3. The molecule has 1 fully saturated rings. The molecule has 0 aliphatic heterocycles. The van der Waals surface area contributed by atoms with Crippen molar-refractivity contribution in [3.05, 3.63) is 70.8 Å². The van der Waals surface area contributed by atoms with Gasteiger partial charge in [0.25, 0.3) is 5.91 Å². The molecule has 3 amide bonds. The van der Waals surface area contributed by atoms with Crippen molar-refractivity contribution in [2.24, 2.45) is 5.92 Å². The number of carboxylic acids is 1. The van der Waals surface area contributed by atoms with E-state index in [1.807, 2.05) is 39.0 Å². The zero-order chi connectivity index (χ0) is 30.4. The van der Waals surface area contributed by atoms with Gasteiger partial charge in [-0.15, -0.1) is 0 Å². The third-order valence-electron chi connectivity index (χ3n) is 7.82. The lowest BCUT2D eigenvalue weighted by molar-refractivity contribution is -0.141. The first kappa shape index (κ1) is 30.4. The van der Waals surface area contributed by atoms with E-state index in [0.717, 1.165) is 54.4 Å². The molecule has 1 aliphatic rings. The Balaban J connectivity index is 1.69. The summed E-state index contributed by atoms with van der Waals surface area (Å²) in [6.07, 6.45) is 4.44. The van der Waals surface area contributed by atoms with E-state index in [2.05, 4.69) is 16.0 Å². The number of benzene rings is 3. The second-order valence-electron chi connectivity index (χ2n) is 10.9. The Morgan fingerprint density at radius 2 is 1.43 bits per heavy atom. The first-order valence-corrected chi connectivity index (χ1v) is 14.2. The number of hydrogen-bond acceptors (Lipinski definition) is 5.